The van der Waals surface area contributed by atoms with Gasteiger partial charge in [0.05, 0.1) is 23.7 Å². The Hall–Kier alpha value is -1.94. The molecule has 0 aliphatic carbocycles. The number of rotatable bonds is 5. The van der Waals surface area contributed by atoms with E-state index in [1.807, 2.05) is 12.1 Å². The van der Waals surface area contributed by atoms with Gasteiger partial charge in [-0.1, -0.05) is 19.1 Å². The maximum absolute atomic E-state index is 5.89. The minimum absolute atomic E-state index is 0.0608. The van der Waals surface area contributed by atoms with E-state index in [2.05, 4.69) is 34.4 Å². The van der Waals surface area contributed by atoms with Gasteiger partial charge in [-0.15, -0.1) is 0 Å². The van der Waals surface area contributed by atoms with E-state index in [0.717, 1.165) is 54.8 Å². The number of allylic oxidation sites excluding steroid dienone is 1. The maximum Gasteiger partial charge on any atom is 0.114 e. The zero-order valence-electron chi connectivity index (χ0n) is 12.4. The molecule has 110 valence electrons. The quantitative estimate of drug-likeness (QED) is 0.914. The van der Waals surface area contributed by atoms with E-state index in [0.29, 0.717) is 0 Å². The summed E-state index contributed by atoms with van der Waals surface area (Å²) in [5, 5.41) is 3.59. The van der Waals surface area contributed by atoms with Gasteiger partial charge in [0.1, 0.15) is 5.76 Å². The second-order valence-corrected chi connectivity index (χ2v) is 5.26. The summed E-state index contributed by atoms with van der Waals surface area (Å²) >= 11 is 0. The van der Waals surface area contributed by atoms with Crippen LogP contribution in [0.15, 0.2) is 42.4 Å². The highest BCUT2D eigenvalue weighted by atomic mass is 16.5. The molecular weight excluding hydrogens is 262 g/mol. The first kappa shape index (κ1) is 14.0. The van der Waals surface area contributed by atoms with Gasteiger partial charge in [0.25, 0.3) is 0 Å². The number of ether oxygens (including phenoxy) is 1. The lowest BCUT2D eigenvalue weighted by Crippen LogP contribution is -2.26. The average Bonchev–Trinajstić information content (AvgIpc) is 2.56. The van der Waals surface area contributed by atoms with Crippen molar-refractivity contribution in [3.05, 3.63) is 48.0 Å². The third-order valence-corrected chi connectivity index (χ3v) is 3.69. The van der Waals surface area contributed by atoms with Gasteiger partial charge in [0, 0.05) is 18.0 Å². The zero-order valence-corrected chi connectivity index (χ0v) is 12.4. The van der Waals surface area contributed by atoms with E-state index in [4.69, 9.17) is 4.74 Å². The third-order valence-electron chi connectivity index (χ3n) is 3.69. The first-order chi connectivity index (χ1) is 10.4. The predicted octanol–water partition coefficient (Wildman–Crippen LogP) is 3.36. The van der Waals surface area contributed by atoms with Crippen molar-refractivity contribution in [2.75, 3.05) is 13.2 Å². The standard InChI is InChI=1S/C17H21N3O/c1-2-9-19-17(15-8-3-4-12-21-15)13-6-5-7-14-16(13)20-11-10-18-14/h5-8,10-11,17,19H,2-4,9,12H2,1H3. The molecule has 0 radical (unpaired) electrons. The molecule has 0 saturated heterocycles. The highest BCUT2D eigenvalue weighted by molar-refractivity contribution is 5.78. The Morgan fingerprint density at radius 2 is 2.19 bits per heavy atom. The fraction of sp³-hybridized carbons (Fsp3) is 0.412. The normalized spacial score (nSPS) is 16.3. The minimum atomic E-state index is 0.0608. The second kappa shape index (κ2) is 6.68. The van der Waals surface area contributed by atoms with Gasteiger partial charge in [0.15, 0.2) is 0 Å². The van der Waals surface area contributed by atoms with Crippen LogP contribution in [0.2, 0.25) is 0 Å². The predicted molar refractivity (Wildman–Crippen MR) is 83.8 cm³/mol. The largest absolute Gasteiger partial charge is 0.496 e. The number of para-hydroxylation sites is 1. The summed E-state index contributed by atoms with van der Waals surface area (Å²) in [5.41, 5.74) is 3.01. The van der Waals surface area contributed by atoms with Gasteiger partial charge in [0.2, 0.25) is 0 Å². The number of nitrogens with one attached hydrogen (secondary N) is 1. The van der Waals surface area contributed by atoms with Crippen molar-refractivity contribution in [3.8, 4) is 0 Å². The zero-order chi connectivity index (χ0) is 14.5. The number of hydrogen-bond acceptors (Lipinski definition) is 4. The van der Waals surface area contributed by atoms with Crippen molar-refractivity contribution >= 4 is 11.0 Å². The summed E-state index contributed by atoms with van der Waals surface area (Å²) in [6.07, 6.45) is 8.94. The molecule has 1 unspecified atom stereocenters. The van der Waals surface area contributed by atoms with Crippen LogP contribution in [-0.4, -0.2) is 23.1 Å². The summed E-state index contributed by atoms with van der Waals surface area (Å²) in [6, 6.07) is 6.21. The molecule has 1 aromatic heterocycles. The Balaban J connectivity index is 2.03. The van der Waals surface area contributed by atoms with Gasteiger partial charge in [-0.05, 0) is 37.9 Å². The van der Waals surface area contributed by atoms with E-state index in [1.165, 1.54) is 0 Å². The van der Waals surface area contributed by atoms with Crippen LogP contribution in [0, 0.1) is 0 Å². The van der Waals surface area contributed by atoms with E-state index < -0.39 is 0 Å². The molecule has 1 aliphatic rings. The molecule has 1 aromatic carbocycles. The molecule has 1 aliphatic heterocycles. The van der Waals surface area contributed by atoms with Crippen molar-refractivity contribution in [3.63, 3.8) is 0 Å². The van der Waals surface area contributed by atoms with Gasteiger partial charge >= 0.3 is 0 Å². The summed E-state index contributed by atoms with van der Waals surface area (Å²) in [7, 11) is 0. The molecule has 0 fully saturated rings. The number of benzene rings is 1. The minimum Gasteiger partial charge on any atom is -0.496 e. The summed E-state index contributed by atoms with van der Waals surface area (Å²) in [4.78, 5) is 8.92. The lowest BCUT2D eigenvalue weighted by atomic mass is 10.0. The first-order valence-corrected chi connectivity index (χ1v) is 7.66. The molecule has 3 rings (SSSR count). The molecular formula is C17H21N3O. The average molecular weight is 283 g/mol. The molecule has 2 aromatic rings. The SMILES string of the molecule is CCCNC(C1=CCCCO1)c1cccc2nccnc12. The summed E-state index contributed by atoms with van der Waals surface area (Å²) in [6.45, 7) is 3.91. The van der Waals surface area contributed by atoms with Crippen molar-refractivity contribution in [2.24, 2.45) is 0 Å². The Bertz CT molecular complexity index is 633. The Morgan fingerprint density at radius 1 is 1.29 bits per heavy atom. The van der Waals surface area contributed by atoms with E-state index in [9.17, 15) is 0 Å². The molecule has 2 heterocycles. The molecule has 4 heteroatoms. The molecule has 4 nitrogen and oxygen atoms in total. The van der Waals surface area contributed by atoms with Crippen molar-refractivity contribution in [1.82, 2.24) is 15.3 Å². The van der Waals surface area contributed by atoms with Crippen molar-refractivity contribution in [1.29, 1.82) is 0 Å². The maximum atomic E-state index is 5.89. The summed E-state index contributed by atoms with van der Waals surface area (Å²) in [5.74, 6) is 1.02. The Morgan fingerprint density at radius 3 is 3.00 bits per heavy atom. The smallest absolute Gasteiger partial charge is 0.114 e. The lowest BCUT2D eigenvalue weighted by molar-refractivity contribution is 0.168. The van der Waals surface area contributed by atoms with Crippen LogP contribution < -0.4 is 5.32 Å². The molecule has 21 heavy (non-hydrogen) atoms. The lowest BCUT2D eigenvalue weighted by Gasteiger charge is -2.25. The van der Waals surface area contributed by atoms with Crippen LogP contribution in [0.25, 0.3) is 11.0 Å². The van der Waals surface area contributed by atoms with Gasteiger partial charge in [-0.2, -0.15) is 0 Å². The molecule has 1 atom stereocenters. The number of aromatic nitrogens is 2. The second-order valence-electron chi connectivity index (χ2n) is 5.26. The van der Waals surface area contributed by atoms with Crippen molar-refractivity contribution in [2.45, 2.75) is 32.2 Å². The van der Waals surface area contributed by atoms with Gasteiger partial charge in [-0.25, -0.2) is 0 Å². The molecule has 0 bridgehead atoms. The fourth-order valence-corrected chi connectivity index (χ4v) is 2.68. The molecule has 1 N–H and O–H groups in total. The van der Waals surface area contributed by atoms with E-state index >= 15 is 0 Å². The topological polar surface area (TPSA) is 47.0 Å². The highest BCUT2D eigenvalue weighted by Gasteiger charge is 2.21. The monoisotopic (exact) mass is 283 g/mol. The number of hydrogen-bond donors (Lipinski definition) is 1. The van der Waals surface area contributed by atoms with Gasteiger partial charge in [-0.3, -0.25) is 9.97 Å². The highest BCUT2D eigenvalue weighted by Crippen LogP contribution is 2.29. The number of fused-ring (bicyclic) bond motifs is 1. The van der Waals surface area contributed by atoms with Crippen LogP contribution in [0.5, 0.6) is 0 Å². The Labute approximate surface area is 125 Å². The van der Waals surface area contributed by atoms with Crippen LogP contribution in [0.3, 0.4) is 0 Å². The van der Waals surface area contributed by atoms with Gasteiger partial charge < -0.3 is 10.1 Å². The first-order valence-electron chi connectivity index (χ1n) is 7.66. The van der Waals surface area contributed by atoms with E-state index in [1.54, 1.807) is 12.4 Å². The fourth-order valence-electron chi connectivity index (χ4n) is 2.68. The summed E-state index contributed by atoms with van der Waals surface area (Å²) < 4.78 is 5.89. The molecule has 0 spiro atoms. The molecule has 0 amide bonds. The van der Waals surface area contributed by atoms with Crippen LogP contribution in [0.1, 0.15) is 37.8 Å². The number of nitrogens with zero attached hydrogens (tertiary/aromatic N) is 2. The van der Waals surface area contributed by atoms with Crippen LogP contribution in [-0.2, 0) is 4.74 Å². The third kappa shape index (κ3) is 3.05. The van der Waals surface area contributed by atoms with E-state index in [-0.39, 0.29) is 6.04 Å². The van der Waals surface area contributed by atoms with Crippen LogP contribution in [0.4, 0.5) is 0 Å². The van der Waals surface area contributed by atoms with Crippen molar-refractivity contribution < 1.29 is 4.74 Å². The van der Waals surface area contributed by atoms with Crippen LogP contribution >= 0.6 is 0 Å². The Kier molecular flexibility index (Phi) is 4.46. The molecule has 0 saturated carbocycles.